The maximum atomic E-state index is 13.4. The Balaban J connectivity index is 1.74. The molecule has 2 atom stereocenters. The number of anilines is 1. The van der Waals surface area contributed by atoms with Crippen LogP contribution < -0.4 is 16.6 Å². The third kappa shape index (κ3) is 3.62. The number of rotatable bonds is 5. The molecule has 2 unspecified atom stereocenters. The Bertz CT molecular complexity index is 1270. The zero-order valence-corrected chi connectivity index (χ0v) is 18.6. The minimum atomic E-state index is -1.42. The molecule has 7 N–H and O–H groups in total. The molecular formula is C18H19N9OS3. The Morgan fingerprint density at radius 2 is 2.13 bits per heavy atom. The van der Waals surface area contributed by atoms with E-state index in [1.165, 1.54) is 11.3 Å². The number of nitrogen functional groups attached to an aromatic ring is 1. The first-order valence-corrected chi connectivity index (χ1v) is 12.2. The standard InChI is InChI=1S/C18H19N9OS3/c19-9-6-7-27(8-9)31(28)13-5-4-10(14(16(13)30-21)17-23-25-26-24-17)11-2-1-3-12-15(11)22-18(20)29-12/h1-5,9H,6-8,19,21H2,(H2,20,22)(H,23,24,25,26). The van der Waals surface area contributed by atoms with E-state index in [0.717, 1.165) is 39.7 Å². The molecule has 0 bridgehead atoms. The third-order valence-corrected chi connectivity index (χ3v) is 8.30. The maximum Gasteiger partial charge on any atom is 0.206 e. The van der Waals surface area contributed by atoms with Crippen LogP contribution in [0.2, 0.25) is 0 Å². The van der Waals surface area contributed by atoms with Crippen molar-refractivity contribution in [1.29, 1.82) is 0 Å². The highest BCUT2D eigenvalue weighted by Gasteiger charge is 2.29. The van der Waals surface area contributed by atoms with Gasteiger partial charge in [0.15, 0.2) is 5.13 Å². The molecule has 0 spiro atoms. The number of aromatic nitrogens is 5. The van der Waals surface area contributed by atoms with Gasteiger partial charge in [0.25, 0.3) is 0 Å². The first-order chi connectivity index (χ1) is 15.1. The van der Waals surface area contributed by atoms with E-state index in [1.807, 2.05) is 34.6 Å². The van der Waals surface area contributed by atoms with E-state index in [2.05, 4.69) is 25.6 Å². The Kier molecular flexibility index (Phi) is 5.45. The van der Waals surface area contributed by atoms with Crippen LogP contribution in [0, 0.1) is 0 Å². The number of tetrazole rings is 1. The largest absolute Gasteiger partial charge is 0.375 e. The summed E-state index contributed by atoms with van der Waals surface area (Å²) < 4.78 is 16.2. The van der Waals surface area contributed by atoms with Gasteiger partial charge in [0.05, 0.1) is 20.0 Å². The second-order valence-corrected chi connectivity index (χ2v) is 10.2. The molecule has 160 valence electrons. The van der Waals surface area contributed by atoms with Crippen molar-refractivity contribution in [2.75, 3.05) is 18.8 Å². The molecular weight excluding hydrogens is 454 g/mol. The fourth-order valence-electron chi connectivity index (χ4n) is 3.76. The average molecular weight is 474 g/mol. The molecule has 4 aromatic rings. The van der Waals surface area contributed by atoms with Crippen molar-refractivity contribution in [3.63, 3.8) is 0 Å². The van der Waals surface area contributed by atoms with Gasteiger partial charge in [0.1, 0.15) is 11.0 Å². The number of hydrogen-bond acceptors (Lipinski definition) is 10. The Labute approximate surface area is 188 Å². The number of H-pyrrole nitrogens is 1. The number of nitrogens with two attached hydrogens (primary N) is 3. The molecule has 1 fully saturated rings. The van der Waals surface area contributed by atoms with Gasteiger partial charge in [0, 0.05) is 30.3 Å². The summed E-state index contributed by atoms with van der Waals surface area (Å²) in [5, 5.41) is 21.2. The van der Waals surface area contributed by atoms with Crippen molar-refractivity contribution in [2.24, 2.45) is 10.9 Å². The van der Waals surface area contributed by atoms with Crippen LogP contribution in [-0.4, -0.2) is 53.3 Å². The van der Waals surface area contributed by atoms with Crippen molar-refractivity contribution in [2.45, 2.75) is 22.3 Å². The van der Waals surface area contributed by atoms with Crippen molar-refractivity contribution in [3.8, 4) is 22.5 Å². The fraction of sp³-hybridized carbons (Fsp3) is 0.222. The van der Waals surface area contributed by atoms with Crippen molar-refractivity contribution < 1.29 is 4.21 Å². The molecule has 2 aromatic heterocycles. The highest BCUT2D eigenvalue weighted by Crippen LogP contribution is 2.43. The van der Waals surface area contributed by atoms with Crippen LogP contribution in [0.3, 0.4) is 0 Å². The summed E-state index contributed by atoms with van der Waals surface area (Å²) in [5.41, 5.74) is 15.1. The van der Waals surface area contributed by atoms with E-state index >= 15 is 0 Å². The summed E-state index contributed by atoms with van der Waals surface area (Å²) in [7, 11) is -1.42. The molecule has 1 aliphatic heterocycles. The van der Waals surface area contributed by atoms with Crippen molar-refractivity contribution in [3.05, 3.63) is 30.3 Å². The second-order valence-electron chi connectivity index (χ2n) is 7.06. The van der Waals surface area contributed by atoms with Crippen LogP contribution >= 0.6 is 23.3 Å². The van der Waals surface area contributed by atoms with Gasteiger partial charge in [-0.3, -0.25) is 5.14 Å². The fourth-order valence-corrected chi connectivity index (χ4v) is 6.70. The van der Waals surface area contributed by atoms with E-state index in [1.54, 1.807) is 0 Å². The summed E-state index contributed by atoms with van der Waals surface area (Å²) in [4.78, 5) is 5.72. The number of nitrogens with zero attached hydrogens (tertiary/aromatic N) is 5. The molecule has 5 rings (SSSR count). The molecule has 1 saturated heterocycles. The highest BCUT2D eigenvalue weighted by atomic mass is 32.2. The van der Waals surface area contributed by atoms with Crippen LogP contribution in [0.1, 0.15) is 6.42 Å². The lowest BCUT2D eigenvalue weighted by Gasteiger charge is -2.19. The lowest BCUT2D eigenvalue weighted by atomic mass is 9.98. The maximum absolute atomic E-state index is 13.4. The Hall–Kier alpha value is -2.42. The molecule has 3 heterocycles. The molecule has 0 saturated carbocycles. The van der Waals surface area contributed by atoms with Crippen molar-refractivity contribution >= 4 is 49.6 Å². The van der Waals surface area contributed by atoms with Crippen LogP contribution in [0.4, 0.5) is 5.13 Å². The number of thiazole rings is 1. The zero-order valence-electron chi connectivity index (χ0n) is 16.2. The van der Waals surface area contributed by atoms with Crippen molar-refractivity contribution in [1.82, 2.24) is 29.9 Å². The van der Waals surface area contributed by atoms with Crippen LogP contribution in [-0.2, 0) is 11.0 Å². The molecule has 31 heavy (non-hydrogen) atoms. The van der Waals surface area contributed by atoms with Gasteiger partial charge in [-0.05, 0) is 41.3 Å². The minimum Gasteiger partial charge on any atom is -0.375 e. The zero-order chi connectivity index (χ0) is 21.5. The summed E-state index contributed by atoms with van der Waals surface area (Å²) in [5.74, 6) is 0.361. The molecule has 13 heteroatoms. The summed E-state index contributed by atoms with van der Waals surface area (Å²) in [6.45, 7) is 1.23. The molecule has 0 amide bonds. The SMILES string of the molecule is NSc1c(S(=O)N2CCC(N)C2)ccc(-c2cccc3sc(N)nc23)c1-c1nn[nH]n1. The van der Waals surface area contributed by atoms with Gasteiger partial charge in [-0.25, -0.2) is 13.5 Å². The Morgan fingerprint density at radius 3 is 2.84 bits per heavy atom. The first kappa shape index (κ1) is 20.5. The van der Waals surface area contributed by atoms with Gasteiger partial charge in [-0.15, -0.1) is 10.2 Å². The number of nitrogens with one attached hydrogen (secondary N) is 1. The van der Waals surface area contributed by atoms with E-state index in [9.17, 15) is 4.21 Å². The lowest BCUT2D eigenvalue weighted by Crippen LogP contribution is -2.28. The number of hydrogen-bond donors (Lipinski definition) is 4. The quantitative estimate of drug-likeness (QED) is 0.316. The number of para-hydroxylation sites is 1. The lowest BCUT2D eigenvalue weighted by molar-refractivity contribution is 0.526. The van der Waals surface area contributed by atoms with E-state index < -0.39 is 11.0 Å². The van der Waals surface area contributed by atoms with E-state index in [4.69, 9.17) is 16.6 Å². The van der Waals surface area contributed by atoms with Crippen LogP contribution in [0.5, 0.6) is 0 Å². The monoisotopic (exact) mass is 473 g/mol. The molecule has 2 aromatic carbocycles. The van der Waals surface area contributed by atoms with Gasteiger partial charge in [-0.2, -0.15) is 5.21 Å². The predicted molar refractivity (Wildman–Crippen MR) is 123 cm³/mol. The van der Waals surface area contributed by atoms with Gasteiger partial charge < -0.3 is 11.5 Å². The average Bonchev–Trinajstić information content (AvgIpc) is 3.52. The first-order valence-electron chi connectivity index (χ1n) is 9.42. The van der Waals surface area contributed by atoms with Gasteiger partial charge in [-0.1, -0.05) is 29.5 Å². The summed E-state index contributed by atoms with van der Waals surface area (Å²) in [6.07, 6.45) is 0.805. The topological polar surface area (TPSA) is 166 Å². The Morgan fingerprint density at radius 1 is 1.26 bits per heavy atom. The highest BCUT2D eigenvalue weighted by molar-refractivity contribution is 7.97. The molecule has 0 radical (unpaired) electrons. The molecule has 0 aliphatic carbocycles. The van der Waals surface area contributed by atoms with Crippen LogP contribution in [0.25, 0.3) is 32.7 Å². The van der Waals surface area contributed by atoms with Gasteiger partial charge >= 0.3 is 0 Å². The summed E-state index contributed by atoms with van der Waals surface area (Å²) in [6, 6.07) is 9.63. The van der Waals surface area contributed by atoms with E-state index in [-0.39, 0.29) is 6.04 Å². The minimum absolute atomic E-state index is 0.0154. The number of fused-ring (bicyclic) bond motifs is 1. The second kappa shape index (κ2) is 8.26. The smallest absolute Gasteiger partial charge is 0.206 e. The predicted octanol–water partition coefficient (Wildman–Crippen LogP) is 1.75. The van der Waals surface area contributed by atoms with Crippen LogP contribution in [0.15, 0.2) is 40.1 Å². The number of benzene rings is 2. The summed E-state index contributed by atoms with van der Waals surface area (Å²) >= 11 is 2.43. The third-order valence-electron chi connectivity index (χ3n) is 5.14. The number of aromatic amines is 1. The molecule has 1 aliphatic rings. The normalized spacial score (nSPS) is 18.1. The molecule has 10 nitrogen and oxygen atoms in total. The van der Waals surface area contributed by atoms with Gasteiger partial charge in [0.2, 0.25) is 5.82 Å². The van der Waals surface area contributed by atoms with E-state index in [0.29, 0.717) is 39.4 Å².